The summed E-state index contributed by atoms with van der Waals surface area (Å²) < 4.78 is 6.21. The zero-order chi connectivity index (χ0) is 11.7. The molecule has 0 atom stereocenters. The maximum atomic E-state index is 6.21. The molecule has 0 spiro atoms. The molecular formula is C12H29NOSi. The van der Waals surface area contributed by atoms with Gasteiger partial charge in [-0.15, -0.1) is 0 Å². The Bertz CT molecular complexity index is 136. The summed E-state index contributed by atoms with van der Waals surface area (Å²) in [5, 5.41) is 0. The topological polar surface area (TPSA) is 12.5 Å². The molecule has 3 heteroatoms. The van der Waals surface area contributed by atoms with Gasteiger partial charge in [-0.2, -0.15) is 0 Å². The minimum atomic E-state index is -1.34. The average molecular weight is 231 g/mol. The lowest BCUT2D eigenvalue weighted by Gasteiger charge is -2.29. The molecular weight excluding hydrogens is 202 g/mol. The Balaban J connectivity index is 3.89. The third-order valence-electron chi connectivity index (χ3n) is 3.64. The fourth-order valence-corrected chi connectivity index (χ4v) is 4.62. The lowest BCUT2D eigenvalue weighted by molar-refractivity contribution is 0.214. The molecule has 0 fully saturated rings. The van der Waals surface area contributed by atoms with Crippen molar-refractivity contribution in [3.05, 3.63) is 0 Å². The number of hydrogen-bond donors (Lipinski definition) is 0. The van der Waals surface area contributed by atoms with E-state index in [2.05, 4.69) is 39.5 Å². The molecule has 0 aliphatic rings. The monoisotopic (exact) mass is 231 g/mol. The number of rotatable bonds is 9. The van der Waals surface area contributed by atoms with E-state index in [1.54, 1.807) is 0 Å². The van der Waals surface area contributed by atoms with Crippen molar-refractivity contribution >= 4 is 8.32 Å². The Hall–Kier alpha value is 0.137. The van der Waals surface area contributed by atoms with Crippen LogP contribution in [0.1, 0.15) is 34.6 Å². The Kier molecular flexibility index (Phi) is 8.38. The smallest absolute Gasteiger partial charge is 0.192 e. The van der Waals surface area contributed by atoms with Crippen LogP contribution in [0, 0.1) is 0 Å². The van der Waals surface area contributed by atoms with Crippen molar-refractivity contribution in [3.8, 4) is 0 Å². The van der Waals surface area contributed by atoms with Gasteiger partial charge in [-0.25, -0.2) is 0 Å². The molecule has 0 amide bonds. The summed E-state index contributed by atoms with van der Waals surface area (Å²) in [4.78, 5) is 2.43. The molecule has 0 aliphatic heterocycles. The molecule has 0 rings (SSSR count). The van der Waals surface area contributed by atoms with Crippen molar-refractivity contribution < 1.29 is 4.43 Å². The van der Waals surface area contributed by atoms with Gasteiger partial charge in [0, 0.05) is 13.2 Å². The fourth-order valence-electron chi connectivity index (χ4n) is 1.99. The van der Waals surface area contributed by atoms with Crippen LogP contribution in [0.5, 0.6) is 0 Å². The molecule has 0 unspecified atom stereocenters. The lowest BCUT2D eigenvalue weighted by atomic mass is 10.5. The van der Waals surface area contributed by atoms with Gasteiger partial charge in [0.15, 0.2) is 8.32 Å². The SMILES string of the molecule is CCN(CC)CCO[Si](CC)(CC)CC. The molecule has 0 aliphatic carbocycles. The summed E-state index contributed by atoms with van der Waals surface area (Å²) >= 11 is 0. The van der Waals surface area contributed by atoms with Crippen LogP contribution in [-0.4, -0.2) is 39.5 Å². The van der Waals surface area contributed by atoms with Crippen LogP contribution in [0.2, 0.25) is 18.1 Å². The van der Waals surface area contributed by atoms with Crippen molar-refractivity contribution in [2.24, 2.45) is 0 Å². The quantitative estimate of drug-likeness (QED) is 0.564. The molecule has 0 bridgehead atoms. The third kappa shape index (κ3) is 5.14. The van der Waals surface area contributed by atoms with Gasteiger partial charge in [-0.05, 0) is 31.2 Å². The minimum absolute atomic E-state index is 0.934. The molecule has 0 saturated carbocycles. The predicted octanol–water partition coefficient (Wildman–Crippen LogP) is 3.35. The second kappa shape index (κ2) is 8.31. The first-order valence-electron chi connectivity index (χ1n) is 6.54. The number of likely N-dealkylation sites (N-methyl/N-ethyl adjacent to an activating group) is 1. The zero-order valence-electron chi connectivity index (χ0n) is 11.3. The van der Waals surface area contributed by atoms with E-state index in [0.29, 0.717) is 0 Å². The Labute approximate surface area is 97.1 Å². The highest BCUT2D eigenvalue weighted by Gasteiger charge is 2.28. The van der Waals surface area contributed by atoms with Crippen molar-refractivity contribution in [2.75, 3.05) is 26.2 Å². The van der Waals surface area contributed by atoms with E-state index in [0.717, 1.165) is 26.2 Å². The van der Waals surface area contributed by atoms with Crippen LogP contribution >= 0.6 is 0 Å². The Morgan fingerprint density at radius 2 is 1.33 bits per heavy atom. The van der Waals surface area contributed by atoms with Crippen LogP contribution in [0.4, 0.5) is 0 Å². The molecule has 92 valence electrons. The number of hydrogen-bond acceptors (Lipinski definition) is 2. The van der Waals surface area contributed by atoms with Gasteiger partial charge >= 0.3 is 0 Å². The molecule has 0 radical (unpaired) electrons. The van der Waals surface area contributed by atoms with Gasteiger partial charge in [0.2, 0.25) is 0 Å². The maximum absolute atomic E-state index is 6.21. The van der Waals surface area contributed by atoms with Gasteiger partial charge in [0.1, 0.15) is 0 Å². The highest BCUT2D eigenvalue weighted by atomic mass is 28.4. The van der Waals surface area contributed by atoms with E-state index in [9.17, 15) is 0 Å². The molecule has 2 nitrogen and oxygen atoms in total. The van der Waals surface area contributed by atoms with E-state index in [4.69, 9.17) is 4.43 Å². The third-order valence-corrected chi connectivity index (χ3v) is 8.33. The zero-order valence-corrected chi connectivity index (χ0v) is 12.3. The van der Waals surface area contributed by atoms with Gasteiger partial charge in [-0.1, -0.05) is 34.6 Å². The van der Waals surface area contributed by atoms with Crippen LogP contribution in [0.25, 0.3) is 0 Å². The highest BCUT2D eigenvalue weighted by Crippen LogP contribution is 2.21. The predicted molar refractivity (Wildman–Crippen MR) is 70.9 cm³/mol. The van der Waals surface area contributed by atoms with Gasteiger partial charge < -0.3 is 9.33 Å². The Morgan fingerprint density at radius 3 is 1.67 bits per heavy atom. The summed E-state index contributed by atoms with van der Waals surface area (Å²) in [6.45, 7) is 15.6. The van der Waals surface area contributed by atoms with Gasteiger partial charge in [0.25, 0.3) is 0 Å². The standard InChI is InChI=1S/C12H29NOSi/c1-6-13(7-2)11-12-14-15(8-3,9-4)10-5/h6-12H2,1-5H3. The first-order chi connectivity index (χ1) is 7.17. The maximum Gasteiger partial charge on any atom is 0.192 e. The number of nitrogens with zero attached hydrogens (tertiary/aromatic N) is 1. The fraction of sp³-hybridized carbons (Fsp3) is 1.00. The molecule has 15 heavy (non-hydrogen) atoms. The molecule has 0 heterocycles. The summed E-state index contributed by atoms with van der Waals surface area (Å²) in [5.74, 6) is 0. The van der Waals surface area contributed by atoms with E-state index in [1.807, 2.05) is 0 Å². The second-order valence-electron chi connectivity index (χ2n) is 4.12. The Morgan fingerprint density at radius 1 is 0.867 bits per heavy atom. The van der Waals surface area contributed by atoms with Gasteiger partial charge in [-0.3, -0.25) is 0 Å². The van der Waals surface area contributed by atoms with E-state index in [-0.39, 0.29) is 0 Å². The van der Waals surface area contributed by atoms with E-state index in [1.165, 1.54) is 18.1 Å². The summed E-state index contributed by atoms with van der Waals surface area (Å²) in [7, 11) is -1.34. The van der Waals surface area contributed by atoms with Crippen molar-refractivity contribution in [1.82, 2.24) is 4.90 Å². The van der Waals surface area contributed by atoms with Crippen LogP contribution in [-0.2, 0) is 4.43 Å². The van der Waals surface area contributed by atoms with Crippen LogP contribution < -0.4 is 0 Å². The van der Waals surface area contributed by atoms with Crippen LogP contribution in [0.15, 0.2) is 0 Å². The first-order valence-corrected chi connectivity index (χ1v) is 9.07. The van der Waals surface area contributed by atoms with Crippen molar-refractivity contribution in [2.45, 2.75) is 52.8 Å². The molecule has 0 N–H and O–H groups in total. The van der Waals surface area contributed by atoms with Crippen LogP contribution in [0.3, 0.4) is 0 Å². The lowest BCUT2D eigenvalue weighted by Crippen LogP contribution is -2.39. The minimum Gasteiger partial charge on any atom is -0.416 e. The summed E-state index contributed by atoms with van der Waals surface area (Å²) in [6, 6.07) is 3.79. The summed E-state index contributed by atoms with van der Waals surface area (Å²) in [6.07, 6.45) is 0. The molecule has 0 aromatic carbocycles. The first kappa shape index (κ1) is 15.1. The van der Waals surface area contributed by atoms with E-state index >= 15 is 0 Å². The molecule has 0 saturated heterocycles. The molecule has 0 aromatic heterocycles. The largest absolute Gasteiger partial charge is 0.416 e. The summed E-state index contributed by atoms with van der Waals surface area (Å²) in [5.41, 5.74) is 0. The van der Waals surface area contributed by atoms with Crippen molar-refractivity contribution in [1.29, 1.82) is 0 Å². The van der Waals surface area contributed by atoms with E-state index < -0.39 is 8.32 Å². The average Bonchev–Trinajstić information content (AvgIpc) is 2.31. The second-order valence-corrected chi connectivity index (χ2v) is 8.90. The normalized spacial score (nSPS) is 12.4. The van der Waals surface area contributed by atoms with Crippen molar-refractivity contribution in [3.63, 3.8) is 0 Å². The van der Waals surface area contributed by atoms with Gasteiger partial charge in [0.05, 0.1) is 0 Å². The highest BCUT2D eigenvalue weighted by molar-refractivity contribution is 6.73. The molecule has 0 aromatic rings.